The number of nitrogens with zero attached hydrogens (tertiary/aromatic N) is 3. The Balaban J connectivity index is 1.58. The molecule has 0 aliphatic rings. The first-order chi connectivity index (χ1) is 12.7. The van der Waals surface area contributed by atoms with Crippen LogP contribution in [0.5, 0.6) is 0 Å². The minimum atomic E-state index is 0.704. The van der Waals surface area contributed by atoms with Gasteiger partial charge in [0.25, 0.3) is 0 Å². The molecule has 26 heavy (non-hydrogen) atoms. The molecule has 0 unspecified atom stereocenters. The molecular formula is C20H22BrN5. The Bertz CT molecular complexity index is 858. The predicted octanol–water partition coefficient (Wildman–Crippen LogP) is 3.56. The molecule has 0 spiro atoms. The van der Waals surface area contributed by atoms with E-state index in [1.165, 1.54) is 16.7 Å². The molecule has 0 fully saturated rings. The third kappa shape index (κ3) is 5.20. The molecule has 0 aliphatic heterocycles. The Morgan fingerprint density at radius 3 is 2.58 bits per heavy atom. The maximum absolute atomic E-state index is 4.31. The molecule has 0 saturated heterocycles. The predicted molar refractivity (Wildman–Crippen MR) is 109 cm³/mol. The zero-order valence-electron chi connectivity index (χ0n) is 14.7. The number of guanidine groups is 1. The summed E-state index contributed by atoms with van der Waals surface area (Å²) >= 11 is 3.50. The number of aromatic nitrogens is 2. The highest BCUT2D eigenvalue weighted by Gasteiger charge is 2.05. The summed E-state index contributed by atoms with van der Waals surface area (Å²) in [7, 11) is 1.78. The van der Waals surface area contributed by atoms with Crippen molar-refractivity contribution in [1.82, 2.24) is 20.4 Å². The van der Waals surface area contributed by atoms with Crippen molar-refractivity contribution in [3.8, 4) is 0 Å². The Morgan fingerprint density at radius 2 is 1.85 bits per heavy atom. The molecule has 5 nitrogen and oxygen atoms in total. The summed E-state index contributed by atoms with van der Waals surface area (Å²) in [5, 5.41) is 11.0. The Labute approximate surface area is 162 Å². The van der Waals surface area contributed by atoms with Crippen LogP contribution in [0.15, 0.2) is 76.5 Å². The summed E-state index contributed by atoms with van der Waals surface area (Å²) in [4.78, 5) is 4.31. The molecule has 0 atom stereocenters. The number of halogens is 1. The van der Waals surface area contributed by atoms with Crippen LogP contribution in [-0.4, -0.2) is 22.8 Å². The first-order valence-electron chi connectivity index (χ1n) is 8.48. The Morgan fingerprint density at radius 1 is 1.04 bits per heavy atom. The normalized spacial score (nSPS) is 11.4. The van der Waals surface area contributed by atoms with E-state index in [1.807, 2.05) is 29.1 Å². The van der Waals surface area contributed by atoms with Crippen LogP contribution in [0.2, 0.25) is 0 Å². The standard InChI is InChI=1S/C20H22BrN5/c1-22-20(23-13-16-6-4-9-19(21)12-16)24-14-17-7-2-3-8-18(17)15-26-11-5-10-25-26/h2-12H,13-15H2,1H3,(H2,22,23,24). The highest BCUT2D eigenvalue weighted by molar-refractivity contribution is 9.10. The third-order valence-electron chi connectivity index (χ3n) is 4.03. The van der Waals surface area contributed by atoms with Crippen molar-refractivity contribution < 1.29 is 0 Å². The van der Waals surface area contributed by atoms with Crippen LogP contribution in [0.25, 0.3) is 0 Å². The number of benzene rings is 2. The van der Waals surface area contributed by atoms with Crippen LogP contribution in [0, 0.1) is 0 Å². The molecule has 3 aromatic rings. The maximum atomic E-state index is 4.31. The topological polar surface area (TPSA) is 54.2 Å². The number of hydrogen-bond acceptors (Lipinski definition) is 2. The Hall–Kier alpha value is -2.60. The lowest BCUT2D eigenvalue weighted by Crippen LogP contribution is -2.36. The molecule has 2 aromatic carbocycles. The van der Waals surface area contributed by atoms with E-state index in [2.05, 4.69) is 73.1 Å². The van der Waals surface area contributed by atoms with Crippen LogP contribution < -0.4 is 10.6 Å². The lowest BCUT2D eigenvalue weighted by Gasteiger charge is -2.14. The van der Waals surface area contributed by atoms with Gasteiger partial charge in [-0.25, -0.2) is 0 Å². The zero-order valence-corrected chi connectivity index (χ0v) is 16.3. The summed E-state index contributed by atoms with van der Waals surface area (Å²) in [6, 6.07) is 18.6. The fourth-order valence-electron chi connectivity index (χ4n) is 2.68. The van der Waals surface area contributed by atoms with E-state index in [9.17, 15) is 0 Å². The van der Waals surface area contributed by atoms with E-state index in [1.54, 1.807) is 13.2 Å². The van der Waals surface area contributed by atoms with Gasteiger partial charge in [-0.1, -0.05) is 52.3 Å². The molecule has 0 bridgehead atoms. The number of rotatable bonds is 6. The fraction of sp³-hybridized carbons (Fsp3) is 0.200. The molecule has 3 rings (SSSR count). The van der Waals surface area contributed by atoms with E-state index in [-0.39, 0.29) is 0 Å². The first kappa shape index (κ1) is 18.2. The highest BCUT2D eigenvalue weighted by Crippen LogP contribution is 2.12. The van der Waals surface area contributed by atoms with Crippen LogP contribution in [0.4, 0.5) is 0 Å². The minimum absolute atomic E-state index is 0.704. The fourth-order valence-corrected chi connectivity index (χ4v) is 3.13. The van der Waals surface area contributed by atoms with Gasteiger partial charge in [0.1, 0.15) is 0 Å². The summed E-state index contributed by atoms with van der Waals surface area (Å²) in [5.41, 5.74) is 3.67. The van der Waals surface area contributed by atoms with E-state index >= 15 is 0 Å². The number of hydrogen-bond donors (Lipinski definition) is 2. The van der Waals surface area contributed by atoms with Gasteiger partial charge in [-0.15, -0.1) is 0 Å². The van der Waals surface area contributed by atoms with E-state index in [0.717, 1.165) is 17.0 Å². The second-order valence-electron chi connectivity index (χ2n) is 5.88. The average molecular weight is 412 g/mol. The number of nitrogens with one attached hydrogen (secondary N) is 2. The van der Waals surface area contributed by atoms with Crippen LogP contribution in [0.1, 0.15) is 16.7 Å². The van der Waals surface area contributed by atoms with Crippen molar-refractivity contribution >= 4 is 21.9 Å². The van der Waals surface area contributed by atoms with Gasteiger partial charge in [0.05, 0.1) is 6.54 Å². The molecule has 1 aromatic heterocycles. The van der Waals surface area contributed by atoms with Gasteiger partial charge in [-0.3, -0.25) is 9.67 Å². The van der Waals surface area contributed by atoms with Crippen molar-refractivity contribution in [2.24, 2.45) is 4.99 Å². The molecule has 0 amide bonds. The third-order valence-corrected chi connectivity index (χ3v) is 4.52. The molecule has 0 saturated carbocycles. The van der Waals surface area contributed by atoms with E-state index in [0.29, 0.717) is 13.1 Å². The molecule has 1 heterocycles. The van der Waals surface area contributed by atoms with Gasteiger partial charge < -0.3 is 10.6 Å². The van der Waals surface area contributed by atoms with Crippen LogP contribution in [-0.2, 0) is 19.6 Å². The monoisotopic (exact) mass is 411 g/mol. The quantitative estimate of drug-likeness (QED) is 0.481. The van der Waals surface area contributed by atoms with Gasteiger partial charge in [-0.2, -0.15) is 5.10 Å². The molecule has 6 heteroatoms. The molecule has 0 aliphatic carbocycles. The molecular weight excluding hydrogens is 390 g/mol. The van der Waals surface area contributed by atoms with Crippen molar-refractivity contribution in [2.75, 3.05) is 7.05 Å². The van der Waals surface area contributed by atoms with E-state index < -0.39 is 0 Å². The lowest BCUT2D eigenvalue weighted by molar-refractivity contribution is 0.677. The number of aliphatic imine (C=N–C) groups is 1. The van der Waals surface area contributed by atoms with Crippen molar-refractivity contribution in [3.63, 3.8) is 0 Å². The van der Waals surface area contributed by atoms with Gasteiger partial charge >= 0.3 is 0 Å². The minimum Gasteiger partial charge on any atom is -0.352 e. The lowest BCUT2D eigenvalue weighted by atomic mass is 10.1. The van der Waals surface area contributed by atoms with Gasteiger partial charge in [0.2, 0.25) is 0 Å². The second-order valence-corrected chi connectivity index (χ2v) is 6.80. The summed E-state index contributed by atoms with van der Waals surface area (Å²) in [5.74, 6) is 0.777. The van der Waals surface area contributed by atoms with Crippen LogP contribution in [0.3, 0.4) is 0 Å². The average Bonchev–Trinajstić information content (AvgIpc) is 3.16. The molecule has 134 valence electrons. The molecule has 0 radical (unpaired) electrons. The second kappa shape index (κ2) is 9.20. The largest absolute Gasteiger partial charge is 0.352 e. The van der Waals surface area contributed by atoms with Crippen LogP contribution >= 0.6 is 15.9 Å². The summed E-state index contributed by atoms with van der Waals surface area (Å²) in [6.07, 6.45) is 3.78. The molecule has 2 N–H and O–H groups in total. The zero-order chi connectivity index (χ0) is 18.2. The van der Waals surface area contributed by atoms with Crippen molar-refractivity contribution in [2.45, 2.75) is 19.6 Å². The van der Waals surface area contributed by atoms with Gasteiger partial charge in [0, 0.05) is 37.0 Å². The SMILES string of the molecule is CN=C(NCc1cccc(Br)c1)NCc1ccccc1Cn1cccn1. The van der Waals surface area contributed by atoms with Gasteiger partial charge in [0.15, 0.2) is 5.96 Å². The van der Waals surface area contributed by atoms with E-state index in [4.69, 9.17) is 0 Å². The summed E-state index contributed by atoms with van der Waals surface area (Å²) in [6.45, 7) is 2.18. The van der Waals surface area contributed by atoms with Gasteiger partial charge in [-0.05, 0) is 34.9 Å². The smallest absolute Gasteiger partial charge is 0.191 e. The Kier molecular flexibility index (Phi) is 6.44. The highest BCUT2D eigenvalue weighted by atomic mass is 79.9. The first-order valence-corrected chi connectivity index (χ1v) is 9.27. The van der Waals surface area contributed by atoms with Crippen molar-refractivity contribution in [3.05, 3.63) is 88.2 Å². The van der Waals surface area contributed by atoms with Crippen molar-refractivity contribution in [1.29, 1.82) is 0 Å². The summed E-state index contributed by atoms with van der Waals surface area (Å²) < 4.78 is 3.01. The maximum Gasteiger partial charge on any atom is 0.191 e.